The first-order valence-electron chi connectivity index (χ1n) is 4.59. The van der Waals surface area contributed by atoms with E-state index in [0.29, 0.717) is 6.04 Å². The Morgan fingerprint density at radius 1 is 1.09 bits per heavy atom. The molecule has 1 N–H and O–H groups in total. The minimum absolute atomic E-state index is 0.258. The van der Waals surface area contributed by atoms with Gasteiger partial charge in [0.15, 0.2) is 0 Å². The first-order chi connectivity index (χ1) is 4.81. The maximum Gasteiger partial charge on any atom is 0.00989 e. The fraction of sp³-hybridized carbons (Fsp3) is 1.00. The minimum atomic E-state index is 0.258. The van der Waals surface area contributed by atoms with Crippen LogP contribution in [-0.2, 0) is 0 Å². The lowest BCUT2D eigenvalue weighted by Crippen LogP contribution is -2.42. The minimum Gasteiger partial charge on any atom is -0.310 e. The van der Waals surface area contributed by atoms with Crippen LogP contribution in [0.1, 0.15) is 48.0 Å². The monoisotopic (exact) mass is 157 g/mol. The number of nitrogens with one attached hydrogen (secondary N) is 1. The highest BCUT2D eigenvalue weighted by Gasteiger charge is 2.13. The van der Waals surface area contributed by atoms with Crippen LogP contribution in [0.25, 0.3) is 0 Å². The molecule has 1 atom stereocenters. The highest BCUT2D eigenvalue weighted by Crippen LogP contribution is 2.08. The second kappa shape index (κ2) is 4.10. The van der Waals surface area contributed by atoms with Crippen molar-refractivity contribution in [2.24, 2.45) is 5.92 Å². The molecule has 0 aromatic carbocycles. The summed E-state index contributed by atoms with van der Waals surface area (Å²) in [5.41, 5.74) is 0.258. The maximum absolute atomic E-state index is 3.55. The van der Waals surface area contributed by atoms with E-state index in [2.05, 4.69) is 46.9 Å². The van der Waals surface area contributed by atoms with E-state index in [0.717, 1.165) is 5.92 Å². The Balaban J connectivity index is 3.61. The molecule has 0 fully saturated rings. The summed E-state index contributed by atoms with van der Waals surface area (Å²) in [5, 5.41) is 3.55. The lowest BCUT2D eigenvalue weighted by molar-refractivity contribution is 0.337. The van der Waals surface area contributed by atoms with Gasteiger partial charge in [-0.3, -0.25) is 0 Å². The molecule has 0 aliphatic heterocycles. The standard InChI is InChI=1S/C10H23N/c1-8(2)7-9(3)11-10(4,5)6/h8-9,11H,7H2,1-6H3. The Hall–Kier alpha value is -0.0400. The molecule has 1 unspecified atom stereocenters. The summed E-state index contributed by atoms with van der Waals surface area (Å²) in [5.74, 6) is 0.792. The van der Waals surface area contributed by atoms with Gasteiger partial charge in [0.05, 0.1) is 0 Å². The van der Waals surface area contributed by atoms with E-state index < -0.39 is 0 Å². The van der Waals surface area contributed by atoms with E-state index in [1.165, 1.54) is 6.42 Å². The Kier molecular flexibility index (Phi) is 4.09. The summed E-state index contributed by atoms with van der Waals surface area (Å²) in [7, 11) is 0. The van der Waals surface area contributed by atoms with Crippen LogP contribution in [0.3, 0.4) is 0 Å². The average molecular weight is 157 g/mol. The molecule has 0 saturated heterocycles. The van der Waals surface area contributed by atoms with Gasteiger partial charge in [-0.25, -0.2) is 0 Å². The Morgan fingerprint density at radius 2 is 1.55 bits per heavy atom. The van der Waals surface area contributed by atoms with Gasteiger partial charge in [0, 0.05) is 11.6 Å². The van der Waals surface area contributed by atoms with Crippen molar-refractivity contribution >= 4 is 0 Å². The van der Waals surface area contributed by atoms with Crippen LogP contribution in [0.15, 0.2) is 0 Å². The van der Waals surface area contributed by atoms with E-state index in [1.54, 1.807) is 0 Å². The van der Waals surface area contributed by atoms with Gasteiger partial charge in [0.25, 0.3) is 0 Å². The topological polar surface area (TPSA) is 12.0 Å². The molecule has 0 spiro atoms. The van der Waals surface area contributed by atoms with Crippen molar-refractivity contribution in [3.63, 3.8) is 0 Å². The van der Waals surface area contributed by atoms with Crippen molar-refractivity contribution in [1.82, 2.24) is 5.32 Å². The van der Waals surface area contributed by atoms with Crippen molar-refractivity contribution in [3.05, 3.63) is 0 Å². The predicted octanol–water partition coefficient (Wildman–Crippen LogP) is 2.81. The lowest BCUT2D eigenvalue weighted by Gasteiger charge is -2.27. The summed E-state index contributed by atoms with van der Waals surface area (Å²) in [6.45, 7) is 13.4. The number of rotatable bonds is 3. The van der Waals surface area contributed by atoms with Crippen molar-refractivity contribution in [2.75, 3.05) is 0 Å². The smallest absolute Gasteiger partial charge is 0.00989 e. The normalized spacial score (nSPS) is 15.5. The summed E-state index contributed by atoms with van der Waals surface area (Å²) in [6, 6.07) is 0.634. The van der Waals surface area contributed by atoms with E-state index in [4.69, 9.17) is 0 Å². The largest absolute Gasteiger partial charge is 0.310 e. The quantitative estimate of drug-likeness (QED) is 0.664. The van der Waals surface area contributed by atoms with Crippen LogP contribution in [0, 0.1) is 5.92 Å². The second-order valence-electron chi connectivity index (χ2n) is 4.92. The molecule has 1 nitrogen and oxygen atoms in total. The van der Waals surface area contributed by atoms with Gasteiger partial charge < -0.3 is 5.32 Å². The van der Waals surface area contributed by atoms with Crippen molar-refractivity contribution in [2.45, 2.75) is 59.5 Å². The Morgan fingerprint density at radius 3 is 1.82 bits per heavy atom. The van der Waals surface area contributed by atoms with Crippen molar-refractivity contribution in [3.8, 4) is 0 Å². The summed E-state index contributed by atoms with van der Waals surface area (Å²) < 4.78 is 0. The SMILES string of the molecule is CC(C)CC(C)NC(C)(C)C. The molecule has 0 aliphatic rings. The average Bonchev–Trinajstić information content (AvgIpc) is 1.53. The van der Waals surface area contributed by atoms with Crippen LogP contribution in [0.4, 0.5) is 0 Å². The van der Waals surface area contributed by atoms with E-state index in [9.17, 15) is 0 Å². The van der Waals surface area contributed by atoms with Crippen LogP contribution >= 0.6 is 0 Å². The number of hydrogen-bond donors (Lipinski definition) is 1. The zero-order valence-corrected chi connectivity index (χ0v) is 8.86. The molecule has 0 rings (SSSR count). The molecule has 0 bridgehead atoms. The third kappa shape index (κ3) is 7.86. The molecule has 0 heterocycles. The highest BCUT2D eigenvalue weighted by molar-refractivity contribution is 4.75. The zero-order chi connectivity index (χ0) is 9.07. The lowest BCUT2D eigenvalue weighted by atomic mass is 10.0. The molecule has 68 valence electrons. The van der Waals surface area contributed by atoms with E-state index in [-0.39, 0.29) is 5.54 Å². The first kappa shape index (κ1) is 11.0. The summed E-state index contributed by atoms with van der Waals surface area (Å²) >= 11 is 0. The number of hydrogen-bond acceptors (Lipinski definition) is 1. The third-order valence-electron chi connectivity index (χ3n) is 1.50. The molecule has 0 aliphatic carbocycles. The summed E-state index contributed by atoms with van der Waals surface area (Å²) in [4.78, 5) is 0. The van der Waals surface area contributed by atoms with Crippen LogP contribution in [0.2, 0.25) is 0 Å². The molecule has 0 radical (unpaired) electrons. The molecule has 0 amide bonds. The fourth-order valence-electron chi connectivity index (χ4n) is 1.51. The predicted molar refractivity (Wildman–Crippen MR) is 51.8 cm³/mol. The molecule has 0 saturated carbocycles. The Bertz CT molecular complexity index is 99.9. The Labute approximate surface area is 71.6 Å². The van der Waals surface area contributed by atoms with Gasteiger partial charge in [0.1, 0.15) is 0 Å². The molecule has 0 aromatic rings. The highest BCUT2D eigenvalue weighted by atomic mass is 15.0. The van der Waals surface area contributed by atoms with E-state index in [1.807, 2.05) is 0 Å². The fourth-order valence-corrected chi connectivity index (χ4v) is 1.51. The van der Waals surface area contributed by atoms with Crippen molar-refractivity contribution in [1.29, 1.82) is 0 Å². The van der Waals surface area contributed by atoms with Gasteiger partial charge in [-0.2, -0.15) is 0 Å². The molecule has 1 heteroatoms. The summed E-state index contributed by atoms with van der Waals surface area (Å²) in [6.07, 6.45) is 1.26. The van der Waals surface area contributed by atoms with Crippen LogP contribution in [-0.4, -0.2) is 11.6 Å². The van der Waals surface area contributed by atoms with E-state index >= 15 is 0 Å². The van der Waals surface area contributed by atoms with Gasteiger partial charge >= 0.3 is 0 Å². The molecule has 0 aromatic heterocycles. The van der Waals surface area contributed by atoms with Gasteiger partial charge in [-0.15, -0.1) is 0 Å². The van der Waals surface area contributed by atoms with Crippen LogP contribution < -0.4 is 5.32 Å². The maximum atomic E-state index is 3.55. The second-order valence-corrected chi connectivity index (χ2v) is 4.92. The van der Waals surface area contributed by atoms with Gasteiger partial charge in [-0.05, 0) is 40.0 Å². The first-order valence-corrected chi connectivity index (χ1v) is 4.59. The van der Waals surface area contributed by atoms with Crippen LogP contribution in [0.5, 0.6) is 0 Å². The van der Waals surface area contributed by atoms with Gasteiger partial charge in [-0.1, -0.05) is 13.8 Å². The third-order valence-corrected chi connectivity index (χ3v) is 1.50. The van der Waals surface area contributed by atoms with Gasteiger partial charge in [0.2, 0.25) is 0 Å². The zero-order valence-electron chi connectivity index (χ0n) is 8.86. The molecule has 11 heavy (non-hydrogen) atoms. The molecular formula is C10H23N. The van der Waals surface area contributed by atoms with Crippen molar-refractivity contribution < 1.29 is 0 Å². The molecular weight excluding hydrogens is 134 g/mol.